The van der Waals surface area contributed by atoms with Crippen molar-refractivity contribution < 1.29 is 4.74 Å². The molecule has 1 heteroatoms. The lowest BCUT2D eigenvalue weighted by Crippen LogP contribution is -2.28. The van der Waals surface area contributed by atoms with Crippen LogP contribution in [0.1, 0.15) is 67.2 Å². The zero-order valence-electron chi connectivity index (χ0n) is 10.9. The Kier molecular flexibility index (Phi) is 5.73. The van der Waals surface area contributed by atoms with Crippen molar-refractivity contribution in [2.24, 2.45) is 5.41 Å². The van der Waals surface area contributed by atoms with E-state index in [1.807, 2.05) is 0 Å². The van der Waals surface area contributed by atoms with Crippen molar-refractivity contribution in [1.29, 1.82) is 0 Å². The Bertz CT molecular complexity index is 142. The second-order valence-corrected chi connectivity index (χ2v) is 6.02. The summed E-state index contributed by atoms with van der Waals surface area (Å²) in [5.41, 5.74) is 0.338. The van der Waals surface area contributed by atoms with Crippen molar-refractivity contribution in [1.82, 2.24) is 0 Å². The minimum absolute atomic E-state index is 0.00201. The molecule has 0 spiro atoms. The number of unbranched alkanes of at least 4 members (excludes halogenated alkanes) is 2. The first-order chi connectivity index (χ1) is 6.27. The van der Waals surface area contributed by atoms with Crippen LogP contribution < -0.4 is 0 Å². The fourth-order valence-corrected chi connectivity index (χ4v) is 1.34. The molecule has 0 heterocycles. The Hall–Kier alpha value is -0.0400. The molecule has 0 aliphatic heterocycles. The van der Waals surface area contributed by atoms with Gasteiger partial charge in [-0.15, -0.1) is 0 Å². The topological polar surface area (TPSA) is 9.23 Å². The molecule has 0 aliphatic rings. The standard InChI is InChI=1S/C13H28O/c1-7-8-9-10-13(5,6)11-14-12(2,3)4/h7-11H2,1-6H3. The summed E-state index contributed by atoms with van der Waals surface area (Å²) in [6.45, 7) is 14.1. The highest BCUT2D eigenvalue weighted by molar-refractivity contribution is 4.70. The predicted octanol–water partition coefficient (Wildman–Crippen LogP) is 4.41. The highest BCUT2D eigenvalue weighted by Gasteiger charge is 2.21. The molecule has 86 valence electrons. The quantitative estimate of drug-likeness (QED) is 0.577. The van der Waals surface area contributed by atoms with E-state index >= 15 is 0 Å². The van der Waals surface area contributed by atoms with E-state index in [9.17, 15) is 0 Å². The summed E-state index contributed by atoms with van der Waals surface area (Å²) >= 11 is 0. The molecule has 0 aromatic heterocycles. The fourth-order valence-electron chi connectivity index (χ4n) is 1.34. The molecule has 0 rings (SSSR count). The maximum Gasteiger partial charge on any atom is 0.0598 e. The zero-order valence-corrected chi connectivity index (χ0v) is 10.9. The van der Waals surface area contributed by atoms with Gasteiger partial charge in [0.25, 0.3) is 0 Å². The van der Waals surface area contributed by atoms with Crippen LogP contribution in [0.25, 0.3) is 0 Å². The monoisotopic (exact) mass is 200 g/mol. The SMILES string of the molecule is CCCCCC(C)(C)COC(C)(C)C. The molecule has 0 radical (unpaired) electrons. The third-order valence-electron chi connectivity index (χ3n) is 2.35. The van der Waals surface area contributed by atoms with Gasteiger partial charge in [-0.1, -0.05) is 40.0 Å². The van der Waals surface area contributed by atoms with Gasteiger partial charge in [-0.05, 0) is 32.6 Å². The van der Waals surface area contributed by atoms with Crippen LogP contribution in [0.15, 0.2) is 0 Å². The molecule has 0 fully saturated rings. The number of ether oxygens (including phenoxy) is 1. The summed E-state index contributed by atoms with van der Waals surface area (Å²) in [4.78, 5) is 0. The molecule has 0 bridgehead atoms. The van der Waals surface area contributed by atoms with Gasteiger partial charge in [0.15, 0.2) is 0 Å². The lowest BCUT2D eigenvalue weighted by atomic mass is 9.88. The highest BCUT2D eigenvalue weighted by Crippen LogP contribution is 2.26. The summed E-state index contributed by atoms with van der Waals surface area (Å²) < 4.78 is 5.82. The molecular weight excluding hydrogens is 172 g/mol. The van der Waals surface area contributed by atoms with Crippen molar-refractivity contribution in [3.05, 3.63) is 0 Å². The molecule has 0 saturated heterocycles. The van der Waals surface area contributed by atoms with Crippen molar-refractivity contribution in [2.75, 3.05) is 6.61 Å². The molecule has 1 nitrogen and oxygen atoms in total. The lowest BCUT2D eigenvalue weighted by molar-refractivity contribution is -0.0453. The Morgan fingerprint density at radius 3 is 1.93 bits per heavy atom. The molecule has 0 atom stereocenters. The Morgan fingerprint density at radius 2 is 1.50 bits per heavy atom. The van der Waals surface area contributed by atoms with E-state index < -0.39 is 0 Å². The van der Waals surface area contributed by atoms with Gasteiger partial charge in [-0.2, -0.15) is 0 Å². The van der Waals surface area contributed by atoms with Crippen LogP contribution in [0.2, 0.25) is 0 Å². The normalized spacial score (nSPS) is 13.3. The van der Waals surface area contributed by atoms with Crippen molar-refractivity contribution in [3.8, 4) is 0 Å². The van der Waals surface area contributed by atoms with Crippen LogP contribution in [0.4, 0.5) is 0 Å². The van der Waals surface area contributed by atoms with E-state index in [1.165, 1.54) is 25.7 Å². The molecule has 0 aromatic carbocycles. The minimum atomic E-state index is 0.00201. The van der Waals surface area contributed by atoms with Crippen molar-refractivity contribution in [2.45, 2.75) is 72.8 Å². The molecule has 0 N–H and O–H groups in total. The lowest BCUT2D eigenvalue weighted by Gasteiger charge is -2.29. The maximum atomic E-state index is 5.82. The summed E-state index contributed by atoms with van der Waals surface area (Å²) in [6.07, 6.45) is 5.25. The van der Waals surface area contributed by atoms with Crippen molar-refractivity contribution >= 4 is 0 Å². The van der Waals surface area contributed by atoms with E-state index in [0.29, 0.717) is 5.41 Å². The minimum Gasteiger partial charge on any atom is -0.375 e. The van der Waals surface area contributed by atoms with Crippen LogP contribution in [0.5, 0.6) is 0 Å². The van der Waals surface area contributed by atoms with Crippen LogP contribution >= 0.6 is 0 Å². The number of hydrogen-bond donors (Lipinski definition) is 0. The van der Waals surface area contributed by atoms with Crippen LogP contribution in [-0.4, -0.2) is 12.2 Å². The summed E-state index contributed by atoms with van der Waals surface area (Å²) in [5.74, 6) is 0. The summed E-state index contributed by atoms with van der Waals surface area (Å²) in [5, 5.41) is 0. The van der Waals surface area contributed by atoms with E-state index in [0.717, 1.165) is 6.61 Å². The molecule has 0 saturated carbocycles. The highest BCUT2D eigenvalue weighted by atomic mass is 16.5. The summed E-state index contributed by atoms with van der Waals surface area (Å²) in [6, 6.07) is 0. The Balaban J connectivity index is 3.72. The molecule has 0 unspecified atom stereocenters. The second-order valence-electron chi connectivity index (χ2n) is 6.02. The van der Waals surface area contributed by atoms with E-state index in [2.05, 4.69) is 41.5 Å². The van der Waals surface area contributed by atoms with Crippen LogP contribution in [-0.2, 0) is 4.74 Å². The third-order valence-corrected chi connectivity index (χ3v) is 2.35. The second kappa shape index (κ2) is 5.75. The first-order valence-corrected chi connectivity index (χ1v) is 5.91. The Morgan fingerprint density at radius 1 is 0.929 bits per heavy atom. The molecular formula is C13H28O. The van der Waals surface area contributed by atoms with Gasteiger partial charge in [0.1, 0.15) is 0 Å². The average molecular weight is 200 g/mol. The van der Waals surface area contributed by atoms with Gasteiger partial charge in [-0.25, -0.2) is 0 Å². The maximum absolute atomic E-state index is 5.82. The Labute approximate surface area is 90.2 Å². The van der Waals surface area contributed by atoms with Gasteiger partial charge in [0.05, 0.1) is 12.2 Å². The van der Waals surface area contributed by atoms with Gasteiger partial charge in [0.2, 0.25) is 0 Å². The average Bonchev–Trinajstić information content (AvgIpc) is 2.00. The predicted molar refractivity (Wildman–Crippen MR) is 63.6 cm³/mol. The van der Waals surface area contributed by atoms with Crippen LogP contribution in [0, 0.1) is 5.41 Å². The molecule has 0 aliphatic carbocycles. The first-order valence-electron chi connectivity index (χ1n) is 5.91. The third kappa shape index (κ3) is 8.55. The van der Waals surface area contributed by atoms with Gasteiger partial charge < -0.3 is 4.74 Å². The van der Waals surface area contributed by atoms with Crippen molar-refractivity contribution in [3.63, 3.8) is 0 Å². The number of hydrogen-bond acceptors (Lipinski definition) is 1. The van der Waals surface area contributed by atoms with Gasteiger partial charge in [-0.3, -0.25) is 0 Å². The summed E-state index contributed by atoms with van der Waals surface area (Å²) in [7, 11) is 0. The van der Waals surface area contributed by atoms with Crippen LogP contribution in [0.3, 0.4) is 0 Å². The van der Waals surface area contributed by atoms with Gasteiger partial charge in [0, 0.05) is 0 Å². The van der Waals surface area contributed by atoms with E-state index in [1.54, 1.807) is 0 Å². The largest absolute Gasteiger partial charge is 0.375 e. The van der Waals surface area contributed by atoms with E-state index in [4.69, 9.17) is 4.74 Å². The fraction of sp³-hybridized carbons (Fsp3) is 1.00. The van der Waals surface area contributed by atoms with E-state index in [-0.39, 0.29) is 5.60 Å². The molecule has 0 aromatic rings. The zero-order chi connectivity index (χ0) is 11.2. The first kappa shape index (κ1) is 14.0. The number of rotatable bonds is 6. The molecule has 14 heavy (non-hydrogen) atoms. The smallest absolute Gasteiger partial charge is 0.0598 e. The van der Waals surface area contributed by atoms with Gasteiger partial charge >= 0.3 is 0 Å². The molecule has 0 amide bonds.